The van der Waals surface area contributed by atoms with Crippen molar-refractivity contribution in [1.29, 1.82) is 0 Å². The Bertz CT molecular complexity index is 1510. The molecule has 4 rings (SSSR count). The molecule has 8 heteroatoms. The SMILES string of the molecule is COc1ccccc1NC(=O)Cn1c(=O)n(-c2ccc(C)c(C)c2)c(=O)c2c(C)c(C)sc21. The summed E-state index contributed by atoms with van der Waals surface area (Å²) in [7, 11) is 1.52. The molecule has 0 aliphatic heterocycles. The molecule has 0 radical (unpaired) electrons. The van der Waals surface area contributed by atoms with Gasteiger partial charge in [-0.3, -0.25) is 14.2 Å². The van der Waals surface area contributed by atoms with Gasteiger partial charge in [-0.25, -0.2) is 9.36 Å². The van der Waals surface area contributed by atoms with Crippen LogP contribution in [0.2, 0.25) is 0 Å². The zero-order valence-electron chi connectivity index (χ0n) is 19.2. The van der Waals surface area contributed by atoms with Crippen LogP contribution in [0.1, 0.15) is 21.6 Å². The van der Waals surface area contributed by atoms with Gasteiger partial charge in [0.05, 0.1) is 23.9 Å². The van der Waals surface area contributed by atoms with Crippen molar-refractivity contribution in [3.8, 4) is 11.4 Å². The molecule has 0 saturated carbocycles. The number of fused-ring (bicyclic) bond motifs is 1. The molecule has 0 saturated heterocycles. The van der Waals surface area contributed by atoms with Crippen LogP contribution in [0.5, 0.6) is 5.75 Å². The topological polar surface area (TPSA) is 82.3 Å². The Morgan fingerprint density at radius 3 is 2.45 bits per heavy atom. The normalized spacial score (nSPS) is 11.1. The maximum Gasteiger partial charge on any atom is 0.337 e. The molecule has 0 bridgehead atoms. The third kappa shape index (κ3) is 3.98. The Hall–Kier alpha value is -3.65. The molecule has 2 heterocycles. The number of nitrogens with zero attached hydrogens (tertiary/aromatic N) is 2. The number of aromatic nitrogens is 2. The van der Waals surface area contributed by atoms with E-state index in [4.69, 9.17) is 4.74 Å². The molecule has 0 spiro atoms. The highest BCUT2D eigenvalue weighted by Crippen LogP contribution is 2.28. The van der Waals surface area contributed by atoms with Crippen molar-refractivity contribution in [2.45, 2.75) is 34.2 Å². The van der Waals surface area contributed by atoms with Crippen LogP contribution in [0.4, 0.5) is 5.69 Å². The van der Waals surface area contributed by atoms with E-state index < -0.39 is 11.6 Å². The Morgan fingerprint density at radius 2 is 1.76 bits per heavy atom. The third-order valence-corrected chi connectivity index (χ3v) is 7.11. The molecular formula is C25H25N3O4S. The Morgan fingerprint density at radius 1 is 1.03 bits per heavy atom. The van der Waals surface area contributed by atoms with E-state index in [1.54, 1.807) is 30.3 Å². The number of rotatable bonds is 5. The number of para-hydroxylation sites is 2. The molecule has 2 aromatic heterocycles. The Kier molecular flexibility index (Phi) is 5.95. The molecule has 7 nitrogen and oxygen atoms in total. The average Bonchev–Trinajstić information content (AvgIpc) is 3.08. The van der Waals surface area contributed by atoms with Crippen LogP contribution in [0.25, 0.3) is 15.9 Å². The fourth-order valence-electron chi connectivity index (χ4n) is 3.77. The number of carbonyl (C=O) groups excluding carboxylic acids is 1. The first kappa shape index (κ1) is 22.5. The number of hydrogen-bond acceptors (Lipinski definition) is 5. The van der Waals surface area contributed by atoms with E-state index in [0.29, 0.717) is 27.3 Å². The number of benzene rings is 2. The largest absolute Gasteiger partial charge is 0.495 e. The number of thiophene rings is 1. The summed E-state index contributed by atoms with van der Waals surface area (Å²) in [5.41, 5.74) is 2.92. The predicted octanol–water partition coefficient (Wildman–Crippen LogP) is 4.09. The van der Waals surface area contributed by atoms with Gasteiger partial charge in [0.15, 0.2) is 0 Å². The van der Waals surface area contributed by atoms with E-state index in [9.17, 15) is 14.4 Å². The summed E-state index contributed by atoms with van der Waals surface area (Å²) >= 11 is 1.34. The van der Waals surface area contributed by atoms with Crippen molar-refractivity contribution in [2.75, 3.05) is 12.4 Å². The number of anilines is 1. The van der Waals surface area contributed by atoms with Crippen molar-refractivity contribution in [2.24, 2.45) is 0 Å². The number of aryl methyl sites for hydroxylation is 4. The maximum absolute atomic E-state index is 13.6. The van der Waals surface area contributed by atoms with Crippen LogP contribution in [0.15, 0.2) is 52.1 Å². The van der Waals surface area contributed by atoms with Crippen LogP contribution in [0, 0.1) is 27.7 Å². The first-order chi connectivity index (χ1) is 15.7. The van der Waals surface area contributed by atoms with Gasteiger partial charge in [0.2, 0.25) is 5.91 Å². The molecule has 33 heavy (non-hydrogen) atoms. The average molecular weight is 464 g/mol. The number of ether oxygens (including phenoxy) is 1. The molecule has 4 aromatic rings. The maximum atomic E-state index is 13.6. The van der Waals surface area contributed by atoms with Gasteiger partial charge in [-0.05, 0) is 68.7 Å². The van der Waals surface area contributed by atoms with E-state index >= 15 is 0 Å². The highest BCUT2D eigenvalue weighted by atomic mass is 32.1. The highest BCUT2D eigenvalue weighted by Gasteiger charge is 2.21. The highest BCUT2D eigenvalue weighted by molar-refractivity contribution is 7.18. The summed E-state index contributed by atoms with van der Waals surface area (Å²) in [6.45, 7) is 7.44. The summed E-state index contributed by atoms with van der Waals surface area (Å²) in [6, 6.07) is 12.5. The van der Waals surface area contributed by atoms with Gasteiger partial charge < -0.3 is 10.1 Å². The van der Waals surface area contributed by atoms with E-state index in [-0.39, 0.29) is 12.1 Å². The first-order valence-corrected chi connectivity index (χ1v) is 11.3. The number of amides is 1. The molecule has 0 atom stereocenters. The summed E-state index contributed by atoms with van der Waals surface area (Å²) < 4.78 is 7.83. The number of nitrogens with one attached hydrogen (secondary N) is 1. The van der Waals surface area contributed by atoms with Crippen LogP contribution >= 0.6 is 11.3 Å². The lowest BCUT2D eigenvalue weighted by Crippen LogP contribution is -2.40. The standard InChI is InChI=1S/C25H25N3O4S/c1-14-10-11-18(12-15(14)2)28-23(30)22-16(3)17(4)33-24(22)27(25(28)31)13-21(29)26-19-8-6-7-9-20(19)32-5/h6-12H,13H2,1-5H3,(H,26,29). The van der Waals surface area contributed by atoms with Gasteiger partial charge in [0.1, 0.15) is 17.1 Å². The van der Waals surface area contributed by atoms with Crippen LogP contribution in [-0.2, 0) is 11.3 Å². The van der Waals surface area contributed by atoms with E-state index in [0.717, 1.165) is 26.1 Å². The molecule has 0 aliphatic rings. The Balaban J connectivity index is 1.88. The lowest BCUT2D eigenvalue weighted by molar-refractivity contribution is -0.116. The number of carbonyl (C=O) groups is 1. The van der Waals surface area contributed by atoms with Crippen molar-refractivity contribution >= 4 is 33.1 Å². The predicted molar refractivity (Wildman–Crippen MR) is 132 cm³/mol. The molecule has 0 aliphatic carbocycles. The van der Waals surface area contributed by atoms with Gasteiger partial charge >= 0.3 is 5.69 Å². The van der Waals surface area contributed by atoms with Crippen molar-refractivity contribution < 1.29 is 9.53 Å². The Labute approximate surface area is 194 Å². The van der Waals surface area contributed by atoms with Crippen molar-refractivity contribution in [3.63, 3.8) is 0 Å². The van der Waals surface area contributed by atoms with Crippen LogP contribution in [0.3, 0.4) is 0 Å². The van der Waals surface area contributed by atoms with Gasteiger partial charge in [-0.15, -0.1) is 11.3 Å². The molecule has 0 unspecified atom stereocenters. The van der Waals surface area contributed by atoms with Gasteiger partial charge in [-0.1, -0.05) is 18.2 Å². The first-order valence-electron chi connectivity index (χ1n) is 10.5. The third-order valence-electron chi connectivity index (χ3n) is 5.88. The fraction of sp³-hybridized carbons (Fsp3) is 0.240. The second-order valence-electron chi connectivity index (χ2n) is 7.99. The van der Waals surface area contributed by atoms with Gasteiger partial charge in [0.25, 0.3) is 5.56 Å². The monoisotopic (exact) mass is 463 g/mol. The summed E-state index contributed by atoms with van der Waals surface area (Å²) in [5, 5.41) is 3.27. The lowest BCUT2D eigenvalue weighted by Gasteiger charge is -2.14. The summed E-state index contributed by atoms with van der Waals surface area (Å²) in [6.07, 6.45) is 0. The number of methoxy groups -OCH3 is 1. The minimum absolute atomic E-state index is 0.238. The number of hydrogen-bond donors (Lipinski definition) is 1. The van der Waals surface area contributed by atoms with Crippen LogP contribution in [-0.4, -0.2) is 22.2 Å². The summed E-state index contributed by atoms with van der Waals surface area (Å²) in [5.74, 6) is 0.128. The van der Waals surface area contributed by atoms with Crippen molar-refractivity contribution in [3.05, 3.63) is 84.9 Å². The van der Waals surface area contributed by atoms with E-state index in [1.807, 2.05) is 39.8 Å². The molecule has 2 aromatic carbocycles. The second-order valence-corrected chi connectivity index (χ2v) is 9.19. The fourth-order valence-corrected chi connectivity index (χ4v) is 4.91. The minimum atomic E-state index is -0.549. The van der Waals surface area contributed by atoms with Gasteiger partial charge in [0, 0.05) is 4.88 Å². The zero-order valence-corrected chi connectivity index (χ0v) is 20.0. The smallest absolute Gasteiger partial charge is 0.337 e. The lowest BCUT2D eigenvalue weighted by atomic mass is 10.1. The molecule has 0 fully saturated rings. The van der Waals surface area contributed by atoms with E-state index in [2.05, 4.69) is 5.32 Å². The van der Waals surface area contributed by atoms with Gasteiger partial charge in [-0.2, -0.15) is 0 Å². The van der Waals surface area contributed by atoms with Crippen molar-refractivity contribution in [1.82, 2.24) is 9.13 Å². The summed E-state index contributed by atoms with van der Waals surface area (Å²) in [4.78, 5) is 41.4. The molecule has 1 amide bonds. The molecule has 170 valence electrons. The minimum Gasteiger partial charge on any atom is -0.495 e. The zero-order chi connectivity index (χ0) is 23.9. The molecular weight excluding hydrogens is 438 g/mol. The van der Waals surface area contributed by atoms with E-state index in [1.165, 1.54) is 23.0 Å². The van der Waals surface area contributed by atoms with Crippen LogP contribution < -0.4 is 21.3 Å². The quantitative estimate of drug-likeness (QED) is 0.483. The molecule has 1 N–H and O–H groups in total. The second kappa shape index (κ2) is 8.71.